The Kier molecular flexibility index (Phi) is 4.40. The van der Waals surface area contributed by atoms with Crippen LogP contribution in [-0.2, 0) is 23.3 Å². The van der Waals surface area contributed by atoms with E-state index in [2.05, 4.69) is 9.88 Å². The van der Waals surface area contributed by atoms with Crippen molar-refractivity contribution in [3.63, 3.8) is 0 Å². The average molecular weight is 356 g/mol. The van der Waals surface area contributed by atoms with E-state index in [-0.39, 0.29) is 11.2 Å². The number of hydrogen-bond acceptors (Lipinski definition) is 5. The van der Waals surface area contributed by atoms with Gasteiger partial charge in [-0.3, -0.25) is 4.90 Å². The lowest BCUT2D eigenvalue weighted by Gasteiger charge is -2.35. The van der Waals surface area contributed by atoms with Gasteiger partial charge in [0.1, 0.15) is 5.82 Å². The third-order valence-electron chi connectivity index (χ3n) is 5.51. The van der Waals surface area contributed by atoms with Crippen molar-refractivity contribution in [1.29, 1.82) is 0 Å². The predicted octanol–water partition coefficient (Wildman–Crippen LogP) is 2.66. The molecule has 6 heteroatoms. The van der Waals surface area contributed by atoms with Crippen molar-refractivity contribution in [1.82, 2.24) is 14.9 Å². The zero-order valence-corrected chi connectivity index (χ0v) is 15.6. The van der Waals surface area contributed by atoms with Crippen molar-refractivity contribution in [2.24, 2.45) is 0 Å². The predicted molar refractivity (Wildman–Crippen MR) is 98.7 cm³/mol. The second-order valence-corrected chi connectivity index (χ2v) is 7.66. The third kappa shape index (κ3) is 2.97. The molecule has 2 aliphatic heterocycles. The Hall–Kier alpha value is -2.05. The molecule has 0 N–H and O–H groups in total. The highest BCUT2D eigenvalue weighted by Crippen LogP contribution is 2.40. The van der Waals surface area contributed by atoms with Crippen molar-refractivity contribution in [3.8, 4) is 0 Å². The maximum Gasteiger partial charge on any atom is 0.225 e. The second-order valence-electron chi connectivity index (χ2n) is 7.66. The van der Waals surface area contributed by atoms with Crippen molar-refractivity contribution < 1.29 is 9.13 Å². The fraction of sp³-hybridized carbons (Fsp3) is 0.500. The van der Waals surface area contributed by atoms with E-state index in [1.54, 1.807) is 6.07 Å². The maximum absolute atomic E-state index is 14.0. The Balaban J connectivity index is 1.64. The van der Waals surface area contributed by atoms with Crippen LogP contribution in [0.15, 0.2) is 24.3 Å². The molecule has 0 aliphatic carbocycles. The number of ether oxygens (including phenoxy) is 1. The first kappa shape index (κ1) is 17.4. The molecular weight excluding hydrogens is 331 g/mol. The number of aromatic nitrogens is 2. The number of rotatable bonds is 3. The number of hydrogen-bond donors (Lipinski definition) is 0. The van der Waals surface area contributed by atoms with Gasteiger partial charge in [0.15, 0.2) is 0 Å². The van der Waals surface area contributed by atoms with Crippen LogP contribution < -0.4 is 4.90 Å². The summed E-state index contributed by atoms with van der Waals surface area (Å²) in [4.78, 5) is 13.8. The minimum absolute atomic E-state index is 0.128. The first-order valence-electron chi connectivity index (χ1n) is 9.07. The van der Waals surface area contributed by atoms with Gasteiger partial charge in [-0.1, -0.05) is 18.2 Å². The van der Waals surface area contributed by atoms with Gasteiger partial charge in [-0.05, 0) is 26.0 Å². The van der Waals surface area contributed by atoms with Gasteiger partial charge >= 0.3 is 0 Å². The highest BCUT2D eigenvalue weighted by molar-refractivity contribution is 5.41. The maximum atomic E-state index is 14.0. The number of fused-ring (bicyclic) bond motifs is 2. The Labute approximate surface area is 153 Å². The average Bonchev–Trinajstić information content (AvgIpc) is 3.01. The van der Waals surface area contributed by atoms with Gasteiger partial charge in [-0.15, -0.1) is 0 Å². The molecule has 1 saturated heterocycles. The van der Waals surface area contributed by atoms with Crippen LogP contribution in [0, 0.1) is 12.7 Å². The third-order valence-corrected chi connectivity index (χ3v) is 5.51. The monoisotopic (exact) mass is 356 g/mol. The zero-order chi connectivity index (χ0) is 18.3. The van der Waals surface area contributed by atoms with Gasteiger partial charge < -0.3 is 9.64 Å². The summed E-state index contributed by atoms with van der Waals surface area (Å²) >= 11 is 0. The molecule has 0 unspecified atom stereocenters. The number of likely N-dealkylation sites (tertiary alicyclic amines) is 1. The van der Waals surface area contributed by atoms with E-state index >= 15 is 0 Å². The van der Waals surface area contributed by atoms with Crippen molar-refractivity contribution in [2.75, 3.05) is 38.7 Å². The fourth-order valence-electron chi connectivity index (χ4n) is 4.08. The van der Waals surface area contributed by atoms with Crippen LogP contribution in [0.25, 0.3) is 0 Å². The van der Waals surface area contributed by atoms with E-state index in [0.717, 1.165) is 48.0 Å². The molecule has 1 aromatic heterocycles. The van der Waals surface area contributed by atoms with Crippen LogP contribution in [0.1, 0.15) is 28.9 Å². The lowest BCUT2D eigenvalue weighted by Crippen LogP contribution is -2.41. The fourth-order valence-corrected chi connectivity index (χ4v) is 4.08. The summed E-state index contributed by atoms with van der Waals surface area (Å²) in [6.45, 7) is 5.63. The molecule has 3 heterocycles. The number of benzene rings is 1. The quantitative estimate of drug-likeness (QED) is 0.846. The molecule has 138 valence electrons. The molecule has 4 rings (SSSR count). The van der Waals surface area contributed by atoms with Crippen LogP contribution >= 0.6 is 0 Å². The van der Waals surface area contributed by atoms with Crippen molar-refractivity contribution in [3.05, 3.63) is 52.6 Å². The standard InChI is InChI=1S/C20H25FN4O/c1-14-16-11-26-13-20(18(16)23-19(22-14)24(2)3)8-9-25(12-20)10-15-6-4-5-7-17(15)21/h4-7H,8-13H2,1-3H3/t20-/m0/s1. The number of aryl methyl sites for hydroxylation is 1. The lowest BCUT2D eigenvalue weighted by molar-refractivity contribution is 0.0497. The van der Waals surface area contributed by atoms with Gasteiger partial charge in [0, 0.05) is 44.0 Å². The van der Waals surface area contributed by atoms with Gasteiger partial charge in [0.05, 0.1) is 24.3 Å². The molecule has 5 nitrogen and oxygen atoms in total. The molecule has 2 aliphatic rings. The Morgan fingerprint density at radius 2 is 2.08 bits per heavy atom. The summed E-state index contributed by atoms with van der Waals surface area (Å²) in [5.74, 6) is 0.608. The summed E-state index contributed by atoms with van der Waals surface area (Å²) in [6, 6.07) is 7.02. The first-order chi connectivity index (χ1) is 12.5. The summed E-state index contributed by atoms with van der Waals surface area (Å²) < 4.78 is 20.0. The minimum Gasteiger partial charge on any atom is -0.376 e. The highest BCUT2D eigenvalue weighted by atomic mass is 19.1. The summed E-state index contributed by atoms with van der Waals surface area (Å²) in [6.07, 6.45) is 0.970. The van der Waals surface area contributed by atoms with E-state index in [0.29, 0.717) is 19.8 Å². The first-order valence-corrected chi connectivity index (χ1v) is 9.07. The van der Waals surface area contributed by atoms with Crippen molar-refractivity contribution in [2.45, 2.75) is 31.9 Å². The molecule has 0 amide bonds. The number of anilines is 1. The smallest absolute Gasteiger partial charge is 0.225 e. The molecule has 26 heavy (non-hydrogen) atoms. The highest BCUT2D eigenvalue weighted by Gasteiger charge is 2.45. The summed E-state index contributed by atoms with van der Waals surface area (Å²) in [5.41, 5.74) is 3.85. The molecule has 0 radical (unpaired) electrons. The second kappa shape index (κ2) is 6.59. The van der Waals surface area contributed by atoms with E-state index in [1.807, 2.05) is 38.1 Å². The van der Waals surface area contributed by atoms with E-state index < -0.39 is 0 Å². The summed E-state index contributed by atoms with van der Waals surface area (Å²) in [7, 11) is 3.93. The van der Waals surface area contributed by atoms with Gasteiger partial charge in [-0.25, -0.2) is 14.4 Å². The molecule has 1 atom stereocenters. The van der Waals surface area contributed by atoms with E-state index in [1.165, 1.54) is 6.07 Å². The van der Waals surface area contributed by atoms with Crippen LogP contribution in [0.4, 0.5) is 10.3 Å². The number of halogens is 1. The largest absolute Gasteiger partial charge is 0.376 e. The topological polar surface area (TPSA) is 41.5 Å². The van der Waals surface area contributed by atoms with Gasteiger partial charge in [-0.2, -0.15) is 0 Å². The zero-order valence-electron chi connectivity index (χ0n) is 15.6. The number of nitrogens with zero attached hydrogens (tertiary/aromatic N) is 4. The molecule has 1 fully saturated rings. The van der Waals surface area contributed by atoms with E-state index in [4.69, 9.17) is 9.72 Å². The SMILES string of the molecule is Cc1nc(N(C)C)nc2c1COC[C@@]21CCN(Cc2ccccc2F)C1. The molecule has 0 bridgehead atoms. The molecule has 1 spiro atoms. The summed E-state index contributed by atoms with van der Waals surface area (Å²) in [5, 5.41) is 0. The van der Waals surface area contributed by atoms with Crippen LogP contribution in [0.3, 0.4) is 0 Å². The normalized spacial score (nSPS) is 22.6. The molecule has 1 aromatic carbocycles. The van der Waals surface area contributed by atoms with E-state index in [9.17, 15) is 4.39 Å². The van der Waals surface area contributed by atoms with Crippen molar-refractivity contribution >= 4 is 5.95 Å². The van der Waals surface area contributed by atoms with Crippen LogP contribution in [0.2, 0.25) is 0 Å². The van der Waals surface area contributed by atoms with Gasteiger partial charge in [0.2, 0.25) is 5.95 Å². The van der Waals surface area contributed by atoms with Crippen LogP contribution in [0.5, 0.6) is 0 Å². The minimum atomic E-state index is -0.137. The van der Waals surface area contributed by atoms with Gasteiger partial charge in [0.25, 0.3) is 0 Å². The molecule has 2 aromatic rings. The molecular formula is C20H25FN4O. The molecule has 0 saturated carbocycles. The van der Waals surface area contributed by atoms with Crippen LogP contribution in [-0.4, -0.2) is 48.7 Å². The Morgan fingerprint density at radius 1 is 1.27 bits per heavy atom. The Morgan fingerprint density at radius 3 is 2.85 bits per heavy atom. The Bertz CT molecular complexity index is 825. The lowest BCUT2D eigenvalue weighted by atomic mass is 9.80.